The van der Waals surface area contributed by atoms with Gasteiger partial charge in [-0.1, -0.05) is 18.2 Å². The van der Waals surface area contributed by atoms with Crippen LogP contribution in [0.4, 0.5) is 0 Å². The quantitative estimate of drug-likeness (QED) is 0.866. The van der Waals surface area contributed by atoms with Crippen molar-refractivity contribution in [3.05, 3.63) is 41.1 Å². The number of likely N-dealkylation sites (tertiary alicyclic amines) is 1. The number of hydrogen-bond donors (Lipinski definition) is 1. The summed E-state index contributed by atoms with van der Waals surface area (Å²) in [5, 5.41) is 4.34. The van der Waals surface area contributed by atoms with Crippen molar-refractivity contribution < 1.29 is 4.79 Å². The van der Waals surface area contributed by atoms with Gasteiger partial charge in [-0.3, -0.25) is 9.78 Å². The molecule has 1 aromatic heterocycles. The Morgan fingerprint density at radius 3 is 2.80 bits per heavy atom. The maximum atomic E-state index is 13.3. The molecule has 1 unspecified atom stereocenters. The minimum absolute atomic E-state index is 0. The molecule has 1 atom stereocenters. The maximum absolute atomic E-state index is 13.3. The Morgan fingerprint density at radius 1 is 1.20 bits per heavy atom. The van der Waals surface area contributed by atoms with Crippen LogP contribution in [0.3, 0.4) is 0 Å². The Labute approximate surface area is 161 Å². The van der Waals surface area contributed by atoms with E-state index >= 15 is 0 Å². The average Bonchev–Trinajstić information content (AvgIpc) is 3.07. The summed E-state index contributed by atoms with van der Waals surface area (Å²) in [5.41, 5.74) is 4.20. The first-order valence-corrected chi connectivity index (χ1v) is 8.65. The third kappa shape index (κ3) is 3.62. The van der Waals surface area contributed by atoms with Crippen LogP contribution in [0.25, 0.3) is 10.9 Å². The van der Waals surface area contributed by atoms with E-state index in [1.807, 2.05) is 36.2 Å². The molecular formula is C19H25Cl2N3O. The van der Waals surface area contributed by atoms with Gasteiger partial charge in [0.1, 0.15) is 0 Å². The number of halogens is 2. The van der Waals surface area contributed by atoms with Crippen LogP contribution in [0.2, 0.25) is 0 Å². The molecule has 2 aliphatic rings. The highest BCUT2D eigenvalue weighted by Crippen LogP contribution is 2.31. The second kappa shape index (κ2) is 8.35. The summed E-state index contributed by atoms with van der Waals surface area (Å²) in [6, 6.07) is 8.50. The Kier molecular flexibility index (Phi) is 6.66. The van der Waals surface area contributed by atoms with Gasteiger partial charge in [0, 0.05) is 30.2 Å². The monoisotopic (exact) mass is 381 g/mol. The first-order valence-electron chi connectivity index (χ1n) is 8.65. The summed E-state index contributed by atoms with van der Waals surface area (Å²) in [5.74, 6) is 0.196. The first kappa shape index (κ1) is 20.0. The number of pyridine rings is 1. The molecule has 0 saturated carbocycles. The number of aryl methyl sites for hydroxylation is 1. The molecule has 0 spiro atoms. The molecule has 1 aliphatic carbocycles. The summed E-state index contributed by atoms with van der Waals surface area (Å²) in [6.45, 7) is 1.67. The summed E-state index contributed by atoms with van der Waals surface area (Å²) in [4.78, 5) is 20.1. The van der Waals surface area contributed by atoms with Crippen LogP contribution in [-0.4, -0.2) is 42.0 Å². The molecule has 1 saturated heterocycles. The van der Waals surface area contributed by atoms with Crippen LogP contribution in [0.5, 0.6) is 0 Å². The third-order valence-corrected chi connectivity index (χ3v) is 5.25. The molecule has 2 aromatic rings. The average molecular weight is 382 g/mol. The van der Waals surface area contributed by atoms with Crippen molar-refractivity contribution in [2.45, 2.75) is 38.1 Å². The van der Waals surface area contributed by atoms with E-state index < -0.39 is 0 Å². The van der Waals surface area contributed by atoms with E-state index in [1.165, 1.54) is 5.56 Å². The lowest BCUT2D eigenvalue weighted by molar-refractivity contribution is 0.0699. The van der Waals surface area contributed by atoms with E-state index in [9.17, 15) is 4.79 Å². The van der Waals surface area contributed by atoms with Gasteiger partial charge in [0.05, 0.1) is 11.1 Å². The van der Waals surface area contributed by atoms with E-state index in [0.717, 1.165) is 67.4 Å². The highest BCUT2D eigenvalue weighted by molar-refractivity contribution is 6.07. The van der Waals surface area contributed by atoms with Gasteiger partial charge < -0.3 is 10.2 Å². The predicted octanol–water partition coefficient (Wildman–Crippen LogP) is 3.39. The zero-order chi connectivity index (χ0) is 15.8. The number of carbonyl (C=O) groups is 1. The van der Waals surface area contributed by atoms with Crippen molar-refractivity contribution in [2.75, 3.05) is 20.1 Å². The van der Waals surface area contributed by atoms with Gasteiger partial charge in [0.25, 0.3) is 5.91 Å². The SMILES string of the molecule is CNC1CCCN(C(=O)c2c3c(nc4ccccc24)CCC3)C1.Cl.Cl. The number of nitrogens with one attached hydrogen (secondary N) is 1. The molecule has 4 nitrogen and oxygen atoms in total. The van der Waals surface area contributed by atoms with Gasteiger partial charge >= 0.3 is 0 Å². The highest BCUT2D eigenvalue weighted by Gasteiger charge is 2.29. The lowest BCUT2D eigenvalue weighted by atomic mass is 9.98. The summed E-state index contributed by atoms with van der Waals surface area (Å²) in [7, 11) is 1.98. The van der Waals surface area contributed by atoms with Crippen LogP contribution in [0.15, 0.2) is 24.3 Å². The van der Waals surface area contributed by atoms with Crippen molar-refractivity contribution in [3.8, 4) is 0 Å². The zero-order valence-electron chi connectivity index (χ0n) is 14.5. The van der Waals surface area contributed by atoms with Crippen LogP contribution >= 0.6 is 24.8 Å². The van der Waals surface area contributed by atoms with E-state index in [4.69, 9.17) is 4.98 Å². The number of hydrogen-bond acceptors (Lipinski definition) is 3. The lowest BCUT2D eigenvalue weighted by Gasteiger charge is -2.33. The van der Waals surface area contributed by atoms with Crippen LogP contribution in [0, 0.1) is 0 Å². The summed E-state index contributed by atoms with van der Waals surface area (Å²) >= 11 is 0. The second-order valence-electron chi connectivity index (χ2n) is 6.66. The van der Waals surface area contributed by atoms with E-state index in [0.29, 0.717) is 6.04 Å². The molecule has 25 heavy (non-hydrogen) atoms. The van der Waals surface area contributed by atoms with Gasteiger partial charge in [0.15, 0.2) is 0 Å². The molecule has 1 aromatic carbocycles. The molecule has 1 aliphatic heterocycles. The number of carbonyl (C=O) groups excluding carboxylic acids is 1. The first-order chi connectivity index (χ1) is 11.3. The smallest absolute Gasteiger partial charge is 0.254 e. The normalized spacial score (nSPS) is 19.1. The zero-order valence-corrected chi connectivity index (χ0v) is 16.1. The van der Waals surface area contributed by atoms with Crippen LogP contribution in [0.1, 0.15) is 40.9 Å². The lowest BCUT2D eigenvalue weighted by Crippen LogP contribution is -2.47. The number of amides is 1. The summed E-state index contributed by atoms with van der Waals surface area (Å²) < 4.78 is 0. The summed E-state index contributed by atoms with van der Waals surface area (Å²) in [6.07, 6.45) is 5.31. The number of nitrogens with zero attached hydrogens (tertiary/aromatic N) is 2. The minimum atomic E-state index is 0. The fourth-order valence-corrected chi connectivity index (χ4v) is 4.01. The topological polar surface area (TPSA) is 45.2 Å². The highest BCUT2D eigenvalue weighted by atomic mass is 35.5. The molecule has 1 N–H and O–H groups in total. The molecule has 4 rings (SSSR count). The molecule has 0 bridgehead atoms. The molecule has 0 radical (unpaired) electrons. The fourth-order valence-electron chi connectivity index (χ4n) is 4.01. The number of benzene rings is 1. The predicted molar refractivity (Wildman–Crippen MR) is 106 cm³/mol. The van der Waals surface area contributed by atoms with Gasteiger partial charge in [0.2, 0.25) is 0 Å². The van der Waals surface area contributed by atoms with Crippen molar-refractivity contribution in [3.63, 3.8) is 0 Å². The Hall–Kier alpha value is -1.36. The standard InChI is InChI=1S/C19H23N3O.2ClH/c1-20-13-6-5-11-22(12-13)19(23)18-14-7-2-3-9-16(14)21-17-10-4-8-15(17)18;;/h2-3,7,9,13,20H,4-6,8,10-12H2,1H3;2*1H. The minimum Gasteiger partial charge on any atom is -0.337 e. The maximum Gasteiger partial charge on any atom is 0.254 e. The number of para-hydroxylation sites is 1. The van der Waals surface area contributed by atoms with Crippen molar-refractivity contribution in [2.24, 2.45) is 0 Å². The Balaban J connectivity index is 0.00000113. The van der Waals surface area contributed by atoms with Gasteiger partial charge in [-0.05, 0) is 50.8 Å². The van der Waals surface area contributed by atoms with E-state index in [-0.39, 0.29) is 30.7 Å². The Bertz CT molecular complexity index is 766. The largest absolute Gasteiger partial charge is 0.337 e. The molecule has 6 heteroatoms. The third-order valence-electron chi connectivity index (χ3n) is 5.25. The number of fused-ring (bicyclic) bond motifs is 2. The Morgan fingerprint density at radius 2 is 2.00 bits per heavy atom. The number of likely N-dealkylation sites (N-methyl/N-ethyl adjacent to an activating group) is 1. The van der Waals surface area contributed by atoms with Gasteiger partial charge in [-0.25, -0.2) is 0 Å². The van der Waals surface area contributed by atoms with E-state index in [1.54, 1.807) is 0 Å². The van der Waals surface area contributed by atoms with Crippen molar-refractivity contribution in [1.82, 2.24) is 15.2 Å². The van der Waals surface area contributed by atoms with Crippen LogP contribution in [-0.2, 0) is 12.8 Å². The van der Waals surface area contributed by atoms with Gasteiger partial charge in [-0.2, -0.15) is 0 Å². The molecule has 136 valence electrons. The molecular weight excluding hydrogens is 357 g/mol. The van der Waals surface area contributed by atoms with Crippen molar-refractivity contribution in [1.29, 1.82) is 0 Å². The molecule has 2 heterocycles. The molecule has 1 fully saturated rings. The van der Waals surface area contributed by atoms with Crippen LogP contribution < -0.4 is 5.32 Å². The fraction of sp³-hybridized carbons (Fsp3) is 0.474. The number of aromatic nitrogens is 1. The van der Waals surface area contributed by atoms with E-state index in [2.05, 4.69) is 5.32 Å². The van der Waals surface area contributed by atoms with Gasteiger partial charge in [-0.15, -0.1) is 24.8 Å². The molecule has 1 amide bonds. The number of rotatable bonds is 2. The second-order valence-corrected chi connectivity index (χ2v) is 6.66. The number of piperidine rings is 1. The van der Waals surface area contributed by atoms with Crippen molar-refractivity contribution >= 4 is 41.6 Å².